The standard InChI is InChI=1S/C26H42BrNO3/c1-3-4-5-6-7-8-9-10-11-12-13-14-15-18-21-31-26(30)22(2)28-25(29)23-19-16-17-20-24(23)27/h16-17,19-20,22H,3-15,18,21H2,1-2H3,(H,28,29)/t22-/m0/s1. The van der Waals surface area contributed by atoms with E-state index in [2.05, 4.69) is 28.2 Å². The Hall–Kier alpha value is -1.36. The Labute approximate surface area is 198 Å². The highest BCUT2D eigenvalue weighted by Gasteiger charge is 2.18. The van der Waals surface area contributed by atoms with Crippen LogP contribution in [-0.2, 0) is 9.53 Å². The van der Waals surface area contributed by atoms with Crippen LogP contribution in [0.25, 0.3) is 0 Å². The summed E-state index contributed by atoms with van der Waals surface area (Å²) in [5.41, 5.74) is 0.508. The third-order valence-electron chi connectivity index (χ3n) is 5.56. The van der Waals surface area contributed by atoms with E-state index in [9.17, 15) is 9.59 Å². The van der Waals surface area contributed by atoms with Gasteiger partial charge in [0.05, 0.1) is 12.2 Å². The second-order valence-corrected chi connectivity index (χ2v) is 9.29. The maximum absolute atomic E-state index is 12.2. The number of rotatable bonds is 18. The number of halogens is 1. The van der Waals surface area contributed by atoms with Gasteiger partial charge in [-0.3, -0.25) is 4.79 Å². The van der Waals surface area contributed by atoms with Crippen LogP contribution in [0.1, 0.15) is 114 Å². The number of benzene rings is 1. The summed E-state index contributed by atoms with van der Waals surface area (Å²) < 4.78 is 6.02. The smallest absolute Gasteiger partial charge is 0.328 e. The van der Waals surface area contributed by atoms with Crippen molar-refractivity contribution in [1.82, 2.24) is 5.32 Å². The Kier molecular flexibility index (Phi) is 16.3. The van der Waals surface area contributed by atoms with E-state index in [1.807, 2.05) is 6.07 Å². The lowest BCUT2D eigenvalue weighted by molar-refractivity contribution is -0.145. The largest absolute Gasteiger partial charge is 0.464 e. The van der Waals surface area contributed by atoms with Gasteiger partial charge >= 0.3 is 5.97 Å². The quantitative estimate of drug-likeness (QED) is 0.168. The fourth-order valence-corrected chi connectivity index (χ4v) is 4.04. The zero-order chi connectivity index (χ0) is 22.7. The van der Waals surface area contributed by atoms with Crippen LogP contribution in [0.5, 0.6) is 0 Å². The highest BCUT2D eigenvalue weighted by molar-refractivity contribution is 9.10. The van der Waals surface area contributed by atoms with E-state index in [1.54, 1.807) is 25.1 Å². The van der Waals surface area contributed by atoms with Crippen molar-refractivity contribution in [3.8, 4) is 0 Å². The predicted molar refractivity (Wildman–Crippen MR) is 132 cm³/mol. The second kappa shape index (κ2) is 18.2. The number of nitrogens with one attached hydrogen (secondary N) is 1. The molecule has 176 valence electrons. The summed E-state index contributed by atoms with van der Waals surface area (Å²) in [7, 11) is 0. The summed E-state index contributed by atoms with van der Waals surface area (Å²) in [5.74, 6) is -0.663. The Morgan fingerprint density at radius 2 is 1.32 bits per heavy atom. The third kappa shape index (κ3) is 13.6. The first-order valence-electron chi connectivity index (χ1n) is 12.3. The minimum Gasteiger partial charge on any atom is -0.464 e. The van der Waals surface area contributed by atoms with Crippen molar-refractivity contribution in [2.75, 3.05) is 6.61 Å². The molecule has 0 radical (unpaired) electrons. The molecule has 0 bridgehead atoms. The van der Waals surface area contributed by atoms with Gasteiger partial charge in [-0.15, -0.1) is 0 Å². The van der Waals surface area contributed by atoms with E-state index in [0.717, 1.165) is 12.8 Å². The van der Waals surface area contributed by atoms with E-state index >= 15 is 0 Å². The Morgan fingerprint density at radius 3 is 1.84 bits per heavy atom. The number of ether oxygens (including phenoxy) is 1. The number of hydrogen-bond donors (Lipinski definition) is 1. The second-order valence-electron chi connectivity index (χ2n) is 8.44. The number of carbonyl (C=O) groups excluding carboxylic acids is 2. The predicted octanol–water partition coefficient (Wildman–Crippen LogP) is 7.59. The van der Waals surface area contributed by atoms with Crippen LogP contribution in [-0.4, -0.2) is 24.5 Å². The van der Waals surface area contributed by atoms with Crippen molar-refractivity contribution in [3.63, 3.8) is 0 Å². The SMILES string of the molecule is CCCCCCCCCCCCCCCCOC(=O)[C@H](C)NC(=O)c1ccccc1Br. The van der Waals surface area contributed by atoms with E-state index < -0.39 is 6.04 Å². The monoisotopic (exact) mass is 495 g/mol. The summed E-state index contributed by atoms with van der Waals surface area (Å²) in [4.78, 5) is 24.3. The molecule has 1 aromatic carbocycles. The van der Waals surface area contributed by atoms with Crippen molar-refractivity contribution in [2.24, 2.45) is 0 Å². The fourth-order valence-electron chi connectivity index (χ4n) is 3.57. The lowest BCUT2D eigenvalue weighted by Gasteiger charge is -2.14. The minimum atomic E-state index is -0.661. The molecule has 0 saturated carbocycles. The van der Waals surface area contributed by atoms with Gasteiger partial charge in [-0.2, -0.15) is 0 Å². The molecular weight excluding hydrogens is 454 g/mol. The Morgan fingerprint density at radius 1 is 0.839 bits per heavy atom. The van der Waals surface area contributed by atoms with Crippen LogP contribution in [0.4, 0.5) is 0 Å². The zero-order valence-corrected chi connectivity index (χ0v) is 21.2. The van der Waals surface area contributed by atoms with Gasteiger partial charge in [0.25, 0.3) is 5.91 Å². The highest BCUT2D eigenvalue weighted by Crippen LogP contribution is 2.16. The summed E-state index contributed by atoms with van der Waals surface area (Å²) >= 11 is 3.35. The zero-order valence-electron chi connectivity index (χ0n) is 19.6. The minimum absolute atomic E-state index is 0.284. The van der Waals surface area contributed by atoms with Crippen LogP contribution in [0.2, 0.25) is 0 Å². The van der Waals surface area contributed by atoms with Gasteiger partial charge in [-0.25, -0.2) is 4.79 Å². The molecule has 1 aromatic rings. The Balaban J connectivity index is 1.95. The summed E-state index contributed by atoms with van der Waals surface area (Å²) in [6.45, 7) is 4.34. The third-order valence-corrected chi connectivity index (χ3v) is 6.25. The lowest BCUT2D eigenvalue weighted by atomic mass is 10.0. The van der Waals surface area contributed by atoms with Crippen LogP contribution in [0, 0.1) is 0 Å². The highest BCUT2D eigenvalue weighted by atomic mass is 79.9. The van der Waals surface area contributed by atoms with E-state index in [1.165, 1.54) is 77.0 Å². The average molecular weight is 497 g/mol. The Bertz CT molecular complexity index is 620. The molecule has 0 aliphatic carbocycles. The van der Waals surface area contributed by atoms with E-state index in [4.69, 9.17) is 4.74 Å². The first-order chi connectivity index (χ1) is 15.1. The molecule has 1 atom stereocenters. The normalized spacial score (nSPS) is 11.8. The van der Waals surface area contributed by atoms with Crippen LogP contribution < -0.4 is 5.32 Å². The molecule has 0 spiro atoms. The van der Waals surface area contributed by atoms with Gasteiger partial charge in [-0.1, -0.05) is 103 Å². The molecule has 31 heavy (non-hydrogen) atoms. The molecule has 5 heteroatoms. The van der Waals surface area contributed by atoms with Crippen molar-refractivity contribution >= 4 is 27.8 Å². The van der Waals surface area contributed by atoms with Gasteiger partial charge < -0.3 is 10.1 Å². The molecule has 0 aromatic heterocycles. The maximum atomic E-state index is 12.2. The topological polar surface area (TPSA) is 55.4 Å². The molecule has 1 N–H and O–H groups in total. The van der Waals surface area contributed by atoms with Crippen molar-refractivity contribution in [2.45, 2.75) is 110 Å². The van der Waals surface area contributed by atoms with Crippen LogP contribution in [0.3, 0.4) is 0 Å². The number of carbonyl (C=O) groups is 2. The molecule has 4 nitrogen and oxygen atoms in total. The average Bonchev–Trinajstić information content (AvgIpc) is 2.76. The van der Waals surface area contributed by atoms with Gasteiger partial charge in [-0.05, 0) is 41.4 Å². The first-order valence-corrected chi connectivity index (χ1v) is 13.1. The number of hydrogen-bond acceptors (Lipinski definition) is 3. The molecule has 0 heterocycles. The molecule has 1 rings (SSSR count). The molecule has 0 saturated heterocycles. The first kappa shape index (κ1) is 27.7. The van der Waals surface area contributed by atoms with Gasteiger partial charge in [0.2, 0.25) is 0 Å². The van der Waals surface area contributed by atoms with E-state index in [0.29, 0.717) is 16.6 Å². The molecular formula is C26H42BrNO3. The number of esters is 1. The number of unbranched alkanes of at least 4 members (excludes halogenated alkanes) is 13. The van der Waals surface area contributed by atoms with Gasteiger partial charge in [0.1, 0.15) is 6.04 Å². The maximum Gasteiger partial charge on any atom is 0.328 e. The van der Waals surface area contributed by atoms with Gasteiger partial charge in [0.15, 0.2) is 0 Å². The fraction of sp³-hybridized carbons (Fsp3) is 0.692. The van der Waals surface area contributed by atoms with Crippen molar-refractivity contribution < 1.29 is 14.3 Å². The van der Waals surface area contributed by atoms with Crippen molar-refractivity contribution in [3.05, 3.63) is 34.3 Å². The van der Waals surface area contributed by atoms with Crippen molar-refractivity contribution in [1.29, 1.82) is 0 Å². The summed E-state index contributed by atoms with van der Waals surface area (Å²) in [6.07, 6.45) is 18.2. The summed E-state index contributed by atoms with van der Waals surface area (Å²) in [5, 5.41) is 2.70. The van der Waals surface area contributed by atoms with Gasteiger partial charge in [0, 0.05) is 4.47 Å². The lowest BCUT2D eigenvalue weighted by Crippen LogP contribution is -2.39. The van der Waals surface area contributed by atoms with E-state index in [-0.39, 0.29) is 11.9 Å². The molecule has 0 unspecified atom stereocenters. The number of amides is 1. The molecule has 0 fully saturated rings. The molecule has 0 aliphatic heterocycles. The van der Waals surface area contributed by atoms with Crippen LogP contribution in [0.15, 0.2) is 28.7 Å². The summed E-state index contributed by atoms with van der Waals surface area (Å²) in [6, 6.07) is 6.48. The molecule has 0 aliphatic rings. The molecule has 1 amide bonds. The van der Waals surface area contributed by atoms with Crippen LogP contribution >= 0.6 is 15.9 Å².